The summed E-state index contributed by atoms with van der Waals surface area (Å²) in [6, 6.07) is 19.0. The molecule has 0 amide bonds. The zero-order valence-corrected chi connectivity index (χ0v) is 25.3. The maximum atomic E-state index is 14.2. The summed E-state index contributed by atoms with van der Waals surface area (Å²) < 4.78 is 239. The maximum Gasteiger partial charge on any atom is 0.460 e. The van der Waals surface area contributed by atoms with Gasteiger partial charge in [-0.05, 0) is 47.4 Å². The molecule has 0 aromatic heterocycles. The maximum absolute atomic E-state index is 14.2. The molecule has 0 aliphatic rings. The van der Waals surface area contributed by atoms with Crippen LogP contribution in [-0.2, 0) is 5.60 Å². The summed E-state index contributed by atoms with van der Waals surface area (Å²) in [7, 11) is 1.40. The van der Waals surface area contributed by atoms with Crippen LogP contribution in [0.2, 0.25) is 0 Å². The molecule has 1 atom stereocenters. The fourth-order valence-corrected chi connectivity index (χ4v) is 4.64. The number of benzene rings is 3. The van der Waals surface area contributed by atoms with Crippen LogP contribution in [0.1, 0.15) is 29.5 Å². The highest BCUT2D eigenvalue weighted by Crippen LogP contribution is 2.64. The Morgan fingerprint density at radius 3 is 1.25 bits per heavy atom. The van der Waals surface area contributed by atoms with E-state index in [1.165, 1.54) is 31.4 Å². The van der Waals surface area contributed by atoms with E-state index in [-0.39, 0.29) is 11.3 Å². The molecule has 1 N–H and O–H groups in total. The van der Waals surface area contributed by atoms with Crippen LogP contribution in [0.15, 0.2) is 78.9 Å². The average Bonchev–Trinajstić information content (AvgIpc) is 3.06. The number of methoxy groups -OCH3 is 1. The van der Waals surface area contributed by atoms with Crippen LogP contribution >= 0.6 is 0 Å². The van der Waals surface area contributed by atoms with Crippen molar-refractivity contribution in [1.82, 2.24) is 0 Å². The van der Waals surface area contributed by atoms with E-state index >= 15 is 0 Å². The minimum Gasteiger partial charge on any atom is -0.497 e. The molecule has 1 unspecified atom stereocenters. The second kappa shape index (κ2) is 13.5. The molecule has 0 spiro atoms. The predicted molar refractivity (Wildman–Crippen MR) is 143 cm³/mol. The molecule has 51 heavy (non-hydrogen) atoms. The number of hydrogen-bond donors (Lipinski definition) is 1. The molecule has 0 saturated carbocycles. The van der Waals surface area contributed by atoms with Gasteiger partial charge in [0.05, 0.1) is 13.7 Å². The van der Waals surface area contributed by atoms with Crippen molar-refractivity contribution in [2.24, 2.45) is 0 Å². The van der Waals surface area contributed by atoms with Crippen molar-refractivity contribution in [3.8, 4) is 11.5 Å². The summed E-state index contributed by atoms with van der Waals surface area (Å²) in [6.45, 7) is -1.10. The van der Waals surface area contributed by atoms with Crippen molar-refractivity contribution < 1.29 is 89.2 Å². The molecule has 3 aromatic rings. The summed E-state index contributed by atoms with van der Waals surface area (Å²) >= 11 is 0. The van der Waals surface area contributed by atoms with Gasteiger partial charge < -0.3 is 14.6 Å². The summed E-state index contributed by atoms with van der Waals surface area (Å²) in [6.07, 6.45) is -11.9. The van der Waals surface area contributed by atoms with Gasteiger partial charge >= 0.3 is 47.6 Å². The Morgan fingerprint density at radius 1 is 0.471 bits per heavy atom. The van der Waals surface area contributed by atoms with Crippen LogP contribution in [0.3, 0.4) is 0 Å². The topological polar surface area (TPSA) is 38.7 Å². The molecule has 3 aromatic carbocycles. The first-order chi connectivity index (χ1) is 23.1. The predicted octanol–water partition coefficient (Wildman–Crippen LogP) is 10.1. The first-order valence-electron chi connectivity index (χ1n) is 13.9. The van der Waals surface area contributed by atoms with Gasteiger partial charge in [0.2, 0.25) is 0 Å². The molecule has 0 saturated heterocycles. The highest BCUT2D eigenvalue weighted by molar-refractivity contribution is 5.49. The van der Waals surface area contributed by atoms with E-state index < -0.39 is 72.7 Å². The SMILES string of the molecule is COc1ccc(C(O)(c2ccccc2)c2ccc(OCCCC(F)(F)C(F)(F)C(F)(F)C(F)(F)C(F)(F)C(F)(F)C(F)(F)C(F)(F)F)cc2)cc1. The molecule has 20 heteroatoms. The van der Waals surface area contributed by atoms with Gasteiger partial charge in [-0.2, -0.15) is 74.6 Å². The van der Waals surface area contributed by atoms with E-state index in [0.717, 1.165) is 12.1 Å². The molecule has 284 valence electrons. The highest BCUT2D eigenvalue weighted by atomic mass is 19.4. The monoisotopic (exact) mass is 766 g/mol. The van der Waals surface area contributed by atoms with Gasteiger partial charge in [0, 0.05) is 6.42 Å². The second-order valence-electron chi connectivity index (χ2n) is 10.9. The van der Waals surface area contributed by atoms with Crippen LogP contribution in [0.25, 0.3) is 0 Å². The Hall–Kier alpha value is -3.97. The largest absolute Gasteiger partial charge is 0.497 e. The minimum atomic E-state index is -8.67. The second-order valence-corrected chi connectivity index (χ2v) is 10.9. The van der Waals surface area contributed by atoms with Crippen molar-refractivity contribution in [2.75, 3.05) is 13.7 Å². The molecular formula is C31H23F17O3. The standard InChI is InChI=1S/C31H23F17O3/c1-50-21-12-8-19(9-13-21)24(49,18-6-3-2-4-7-18)20-10-14-22(15-11-20)51-17-5-16-23(32,33)25(34,35)26(36,37)27(38,39)28(40,41)29(42,43)30(44,45)31(46,47)48/h2-4,6-15,49H,5,16-17H2,1H3. The van der Waals surface area contributed by atoms with Gasteiger partial charge in [-0.1, -0.05) is 54.6 Å². The van der Waals surface area contributed by atoms with Gasteiger partial charge in [0.25, 0.3) is 0 Å². The van der Waals surface area contributed by atoms with Crippen molar-refractivity contribution in [1.29, 1.82) is 0 Å². The molecule has 3 nitrogen and oxygen atoms in total. The Morgan fingerprint density at radius 2 is 0.843 bits per heavy atom. The summed E-state index contributed by atoms with van der Waals surface area (Å²) in [5.41, 5.74) is -0.929. The van der Waals surface area contributed by atoms with Gasteiger partial charge in [-0.3, -0.25) is 0 Å². The molecule has 0 aliphatic carbocycles. The lowest BCUT2D eigenvalue weighted by molar-refractivity contribution is -0.461. The third-order valence-electron chi connectivity index (χ3n) is 7.66. The third-order valence-corrected chi connectivity index (χ3v) is 7.66. The van der Waals surface area contributed by atoms with E-state index in [0.29, 0.717) is 16.9 Å². The van der Waals surface area contributed by atoms with Crippen LogP contribution in [0.4, 0.5) is 74.6 Å². The van der Waals surface area contributed by atoms with Gasteiger partial charge in [0.1, 0.15) is 17.1 Å². The number of ether oxygens (including phenoxy) is 2. The van der Waals surface area contributed by atoms with E-state index in [4.69, 9.17) is 9.47 Å². The van der Waals surface area contributed by atoms with Crippen LogP contribution in [0.5, 0.6) is 11.5 Å². The van der Waals surface area contributed by atoms with Gasteiger partial charge in [-0.25, -0.2) is 0 Å². The van der Waals surface area contributed by atoms with Crippen molar-refractivity contribution in [2.45, 2.75) is 66.1 Å². The molecular weight excluding hydrogens is 743 g/mol. The quantitative estimate of drug-likeness (QED) is 0.0952. The third kappa shape index (κ3) is 6.74. The first-order valence-corrected chi connectivity index (χ1v) is 13.9. The summed E-state index contributed by atoms with van der Waals surface area (Å²) in [5.74, 6) is -56.4. The van der Waals surface area contributed by atoms with Crippen LogP contribution in [-0.4, -0.2) is 66.5 Å². The molecule has 3 rings (SSSR count). The fourth-order valence-electron chi connectivity index (χ4n) is 4.64. The normalized spacial score (nSPS) is 15.4. The number of halogens is 17. The van der Waals surface area contributed by atoms with E-state index in [1.807, 2.05) is 0 Å². The molecule has 0 bridgehead atoms. The Kier molecular flexibility index (Phi) is 11.0. The fraction of sp³-hybridized carbons (Fsp3) is 0.419. The van der Waals surface area contributed by atoms with E-state index in [9.17, 15) is 79.7 Å². The lowest BCUT2D eigenvalue weighted by Gasteiger charge is -2.42. The van der Waals surface area contributed by atoms with Crippen molar-refractivity contribution >= 4 is 0 Å². The lowest BCUT2D eigenvalue weighted by Crippen LogP contribution is -2.74. The number of rotatable bonds is 15. The zero-order valence-electron chi connectivity index (χ0n) is 25.3. The van der Waals surface area contributed by atoms with Crippen molar-refractivity contribution in [3.05, 3.63) is 95.6 Å². The molecule has 0 heterocycles. The van der Waals surface area contributed by atoms with Crippen molar-refractivity contribution in [3.63, 3.8) is 0 Å². The Balaban J connectivity index is 1.78. The van der Waals surface area contributed by atoms with E-state index in [1.54, 1.807) is 42.5 Å². The molecule has 0 aliphatic heterocycles. The summed E-state index contributed by atoms with van der Waals surface area (Å²) in [5, 5.41) is 11.8. The minimum absolute atomic E-state index is 0.191. The zero-order chi connectivity index (χ0) is 39.1. The molecule has 0 radical (unpaired) electrons. The Labute approximate surface area is 276 Å². The molecule has 0 fully saturated rings. The number of hydrogen-bond acceptors (Lipinski definition) is 3. The van der Waals surface area contributed by atoms with Gasteiger partial charge in [0.15, 0.2) is 0 Å². The van der Waals surface area contributed by atoms with Gasteiger partial charge in [-0.15, -0.1) is 0 Å². The van der Waals surface area contributed by atoms with Crippen LogP contribution in [0, 0.1) is 0 Å². The lowest BCUT2D eigenvalue weighted by atomic mass is 9.80. The van der Waals surface area contributed by atoms with Crippen LogP contribution < -0.4 is 9.47 Å². The number of alkyl halides is 17. The number of aliphatic hydroxyl groups is 1. The van der Waals surface area contributed by atoms with E-state index in [2.05, 4.69) is 0 Å². The smallest absolute Gasteiger partial charge is 0.460 e. The highest BCUT2D eigenvalue weighted by Gasteiger charge is 2.95. The summed E-state index contributed by atoms with van der Waals surface area (Å²) in [4.78, 5) is 0. The average molecular weight is 766 g/mol. The Bertz CT molecular complexity index is 1610. The first kappa shape index (κ1) is 41.5.